The zero-order chi connectivity index (χ0) is 15.5. The van der Waals surface area contributed by atoms with Crippen molar-refractivity contribution in [1.82, 2.24) is 19.9 Å². The Morgan fingerprint density at radius 1 is 1.32 bits per heavy atom. The number of fused-ring (bicyclic) bond motifs is 1. The monoisotopic (exact) mass is 318 g/mol. The summed E-state index contributed by atoms with van der Waals surface area (Å²) in [6.07, 6.45) is 3.48. The van der Waals surface area contributed by atoms with Crippen LogP contribution < -0.4 is 5.32 Å². The summed E-state index contributed by atoms with van der Waals surface area (Å²) in [5, 5.41) is 10.7. The number of hydrogen-bond acceptors (Lipinski definition) is 3. The Morgan fingerprint density at radius 3 is 3.00 bits per heavy atom. The second-order valence-electron chi connectivity index (χ2n) is 4.72. The molecule has 1 amide bonds. The molecule has 2 aromatic heterocycles. The van der Waals surface area contributed by atoms with Gasteiger partial charge in [0, 0.05) is 23.3 Å². The quantitative estimate of drug-likeness (QED) is 0.804. The maximum Gasteiger partial charge on any atom is 0.252 e. The van der Waals surface area contributed by atoms with Crippen LogP contribution in [-0.2, 0) is 6.42 Å². The number of hydrogen-bond donors (Lipinski definition) is 1. The lowest BCUT2D eigenvalue weighted by Crippen LogP contribution is -2.26. The van der Waals surface area contributed by atoms with E-state index in [1.807, 2.05) is 0 Å². The topological polar surface area (TPSA) is 59.3 Å². The number of carbonyl (C=O) groups is 1. The first-order chi connectivity index (χ1) is 10.6. The molecule has 3 rings (SSSR count). The van der Waals surface area contributed by atoms with Crippen LogP contribution in [0.2, 0.25) is 5.02 Å². The SMILES string of the molecule is O=C(NCCc1c(F)cccc1Cl)c1ccc2nncn2c1. The summed E-state index contributed by atoms with van der Waals surface area (Å²) in [4.78, 5) is 12.1. The first-order valence-corrected chi connectivity index (χ1v) is 7.03. The molecule has 0 radical (unpaired) electrons. The standard InChI is InChI=1S/C15H12ClFN4O/c16-12-2-1-3-13(17)11(12)6-7-18-15(22)10-4-5-14-20-19-9-21(14)8-10/h1-5,8-9H,6-7H2,(H,18,22). The number of amides is 1. The van der Waals surface area contributed by atoms with Gasteiger partial charge in [0.2, 0.25) is 0 Å². The molecule has 22 heavy (non-hydrogen) atoms. The van der Waals surface area contributed by atoms with E-state index >= 15 is 0 Å². The van der Waals surface area contributed by atoms with E-state index in [1.165, 1.54) is 12.4 Å². The molecule has 0 saturated heterocycles. The van der Waals surface area contributed by atoms with Crippen LogP contribution in [0.4, 0.5) is 4.39 Å². The number of aromatic nitrogens is 3. The van der Waals surface area contributed by atoms with Gasteiger partial charge in [-0.25, -0.2) is 4.39 Å². The van der Waals surface area contributed by atoms with Crippen LogP contribution >= 0.6 is 11.6 Å². The van der Waals surface area contributed by atoms with Crippen molar-refractivity contribution < 1.29 is 9.18 Å². The second kappa shape index (κ2) is 6.11. The van der Waals surface area contributed by atoms with E-state index in [2.05, 4.69) is 15.5 Å². The normalized spacial score (nSPS) is 10.8. The fraction of sp³-hybridized carbons (Fsp3) is 0.133. The fourth-order valence-corrected chi connectivity index (χ4v) is 2.39. The highest BCUT2D eigenvalue weighted by Crippen LogP contribution is 2.19. The molecular formula is C15H12ClFN4O. The average molecular weight is 319 g/mol. The predicted octanol–water partition coefficient (Wildman–Crippen LogP) is 2.49. The Morgan fingerprint density at radius 2 is 2.18 bits per heavy atom. The Labute approximate surface area is 130 Å². The first-order valence-electron chi connectivity index (χ1n) is 6.65. The van der Waals surface area contributed by atoms with Crippen molar-refractivity contribution in [1.29, 1.82) is 0 Å². The minimum absolute atomic E-state index is 0.247. The fourth-order valence-electron chi connectivity index (χ4n) is 2.14. The number of halogens is 2. The summed E-state index contributed by atoms with van der Waals surface area (Å²) in [5.74, 6) is -0.615. The number of rotatable bonds is 4. The number of pyridine rings is 1. The van der Waals surface area contributed by atoms with Crippen molar-refractivity contribution in [3.8, 4) is 0 Å². The highest BCUT2D eigenvalue weighted by Gasteiger charge is 2.09. The van der Waals surface area contributed by atoms with Crippen molar-refractivity contribution in [3.05, 3.63) is 64.8 Å². The third kappa shape index (κ3) is 2.92. The van der Waals surface area contributed by atoms with Gasteiger partial charge in [-0.3, -0.25) is 9.20 Å². The van der Waals surface area contributed by atoms with Crippen LogP contribution in [0.25, 0.3) is 5.65 Å². The lowest BCUT2D eigenvalue weighted by Gasteiger charge is -2.08. The molecule has 0 atom stereocenters. The molecule has 0 aliphatic heterocycles. The summed E-state index contributed by atoms with van der Waals surface area (Å²) < 4.78 is 15.3. The molecule has 7 heteroatoms. The van der Waals surface area contributed by atoms with Crippen molar-refractivity contribution in [2.45, 2.75) is 6.42 Å². The molecule has 2 heterocycles. The molecule has 5 nitrogen and oxygen atoms in total. The molecule has 0 spiro atoms. The van der Waals surface area contributed by atoms with Gasteiger partial charge in [-0.05, 0) is 30.7 Å². The van der Waals surface area contributed by atoms with Gasteiger partial charge >= 0.3 is 0 Å². The summed E-state index contributed by atoms with van der Waals surface area (Å²) in [7, 11) is 0. The molecule has 1 N–H and O–H groups in total. The van der Waals surface area contributed by atoms with Gasteiger partial charge in [-0.2, -0.15) is 0 Å². The molecule has 0 unspecified atom stereocenters. The van der Waals surface area contributed by atoms with Crippen LogP contribution in [0.3, 0.4) is 0 Å². The molecule has 0 saturated carbocycles. The van der Waals surface area contributed by atoms with E-state index < -0.39 is 0 Å². The largest absolute Gasteiger partial charge is 0.352 e. The maximum absolute atomic E-state index is 13.6. The molecule has 0 aliphatic carbocycles. The lowest BCUT2D eigenvalue weighted by atomic mass is 10.1. The van der Waals surface area contributed by atoms with Gasteiger partial charge in [-0.1, -0.05) is 17.7 Å². The van der Waals surface area contributed by atoms with E-state index in [0.717, 1.165) is 0 Å². The Bertz CT molecular complexity index is 813. The predicted molar refractivity (Wildman–Crippen MR) is 80.4 cm³/mol. The average Bonchev–Trinajstić information content (AvgIpc) is 2.97. The lowest BCUT2D eigenvalue weighted by molar-refractivity contribution is 0.0953. The van der Waals surface area contributed by atoms with Gasteiger partial charge < -0.3 is 5.32 Å². The van der Waals surface area contributed by atoms with Crippen molar-refractivity contribution in [3.63, 3.8) is 0 Å². The third-order valence-electron chi connectivity index (χ3n) is 3.28. The minimum Gasteiger partial charge on any atom is -0.352 e. The van der Waals surface area contributed by atoms with Gasteiger partial charge in [0.25, 0.3) is 5.91 Å². The molecule has 0 bridgehead atoms. The summed E-state index contributed by atoms with van der Waals surface area (Å²) in [6.45, 7) is 0.291. The molecule has 0 fully saturated rings. The van der Waals surface area contributed by atoms with Gasteiger partial charge in [0.1, 0.15) is 12.1 Å². The Kier molecular flexibility index (Phi) is 4.02. The highest BCUT2D eigenvalue weighted by molar-refractivity contribution is 6.31. The van der Waals surface area contributed by atoms with Crippen molar-refractivity contribution >= 4 is 23.2 Å². The summed E-state index contributed by atoms with van der Waals surface area (Å²) in [5.41, 5.74) is 1.54. The van der Waals surface area contributed by atoms with Crippen LogP contribution in [0.5, 0.6) is 0 Å². The smallest absolute Gasteiger partial charge is 0.252 e. The first kappa shape index (κ1) is 14.5. The van der Waals surface area contributed by atoms with Gasteiger partial charge in [0.05, 0.1) is 5.56 Å². The molecule has 3 aromatic rings. The summed E-state index contributed by atoms with van der Waals surface area (Å²) in [6, 6.07) is 7.89. The third-order valence-corrected chi connectivity index (χ3v) is 3.63. The molecule has 112 valence electrons. The highest BCUT2D eigenvalue weighted by atomic mass is 35.5. The van der Waals surface area contributed by atoms with Crippen LogP contribution in [-0.4, -0.2) is 27.0 Å². The van der Waals surface area contributed by atoms with E-state index in [1.54, 1.807) is 34.9 Å². The minimum atomic E-state index is -0.368. The summed E-state index contributed by atoms with van der Waals surface area (Å²) >= 11 is 5.94. The van der Waals surface area contributed by atoms with E-state index in [9.17, 15) is 9.18 Å². The zero-order valence-corrected chi connectivity index (χ0v) is 12.2. The number of carbonyl (C=O) groups excluding carboxylic acids is 1. The van der Waals surface area contributed by atoms with E-state index in [0.29, 0.717) is 34.8 Å². The van der Waals surface area contributed by atoms with E-state index in [4.69, 9.17) is 11.6 Å². The zero-order valence-electron chi connectivity index (χ0n) is 11.5. The molecular weight excluding hydrogens is 307 g/mol. The van der Waals surface area contributed by atoms with Crippen molar-refractivity contribution in [2.75, 3.05) is 6.54 Å². The number of nitrogens with one attached hydrogen (secondary N) is 1. The van der Waals surface area contributed by atoms with Crippen molar-refractivity contribution in [2.24, 2.45) is 0 Å². The van der Waals surface area contributed by atoms with Crippen LogP contribution in [0.1, 0.15) is 15.9 Å². The number of nitrogens with zero attached hydrogens (tertiary/aromatic N) is 3. The number of benzene rings is 1. The van der Waals surface area contributed by atoms with Crippen LogP contribution in [0, 0.1) is 5.82 Å². The van der Waals surface area contributed by atoms with Gasteiger partial charge in [-0.15, -0.1) is 10.2 Å². The maximum atomic E-state index is 13.6. The second-order valence-corrected chi connectivity index (χ2v) is 5.13. The molecule has 0 aliphatic rings. The Balaban J connectivity index is 1.65. The Hall–Kier alpha value is -2.47. The van der Waals surface area contributed by atoms with Gasteiger partial charge in [0.15, 0.2) is 5.65 Å². The van der Waals surface area contributed by atoms with E-state index in [-0.39, 0.29) is 11.7 Å². The van der Waals surface area contributed by atoms with Crippen LogP contribution in [0.15, 0.2) is 42.9 Å². The molecule has 1 aromatic carbocycles.